The molecule has 2 heterocycles. The van der Waals surface area contributed by atoms with E-state index in [0.29, 0.717) is 5.69 Å². The molecule has 6 heteroatoms. The molecule has 2 aromatic rings. The summed E-state index contributed by atoms with van der Waals surface area (Å²) in [5.41, 5.74) is 3.69. The summed E-state index contributed by atoms with van der Waals surface area (Å²) in [4.78, 5) is 32.2. The molecule has 140 valence electrons. The third kappa shape index (κ3) is 4.34. The van der Waals surface area contributed by atoms with Gasteiger partial charge in [-0.05, 0) is 18.6 Å². The van der Waals surface area contributed by atoms with E-state index in [0.717, 1.165) is 16.8 Å². The molecule has 1 unspecified atom stereocenters. The number of piperazine rings is 1. The van der Waals surface area contributed by atoms with Crippen LogP contribution >= 0.6 is 0 Å². The van der Waals surface area contributed by atoms with Gasteiger partial charge in [-0.2, -0.15) is 0 Å². The number of carbonyl (C=O) groups is 2. The highest BCUT2D eigenvalue weighted by atomic mass is 16.2. The van der Waals surface area contributed by atoms with Crippen LogP contribution in [0.3, 0.4) is 0 Å². The molecule has 0 spiro atoms. The number of carbonyl (C=O) groups excluding carboxylic acids is 2. The molecule has 1 aromatic carbocycles. The van der Waals surface area contributed by atoms with Crippen LogP contribution in [0.1, 0.15) is 43.3 Å². The predicted molar refractivity (Wildman–Crippen MR) is 106 cm³/mol. The Morgan fingerprint density at radius 2 is 1.96 bits per heavy atom. The molecule has 0 radical (unpaired) electrons. The number of H-pyrrole nitrogens is 1. The molecule has 27 heavy (non-hydrogen) atoms. The molecule has 3 N–H and O–H groups in total. The Kier molecular flexibility index (Phi) is 4.99. The summed E-state index contributed by atoms with van der Waals surface area (Å²) < 4.78 is 0. The summed E-state index contributed by atoms with van der Waals surface area (Å²) >= 11 is 0. The van der Waals surface area contributed by atoms with Crippen LogP contribution in [0, 0.1) is 6.92 Å². The highest BCUT2D eigenvalue weighted by Gasteiger charge is 2.29. The fraction of sp³-hybridized carbons (Fsp3) is 0.286. The van der Waals surface area contributed by atoms with Crippen LogP contribution in [-0.4, -0.2) is 27.8 Å². The zero-order valence-corrected chi connectivity index (χ0v) is 16.0. The third-order valence-corrected chi connectivity index (χ3v) is 4.29. The number of aromatic amines is 1. The number of imidazole rings is 1. The summed E-state index contributed by atoms with van der Waals surface area (Å²) in [5, 5.41) is 5.41. The Morgan fingerprint density at radius 1 is 1.19 bits per heavy atom. The maximum Gasteiger partial charge on any atom is 0.268 e. The first kappa shape index (κ1) is 18.6. The number of nitrogens with one attached hydrogen (secondary N) is 3. The zero-order chi connectivity index (χ0) is 19.6. The molecule has 1 aromatic heterocycles. The van der Waals surface area contributed by atoms with Crippen LogP contribution in [0.2, 0.25) is 0 Å². The summed E-state index contributed by atoms with van der Waals surface area (Å²) in [6.45, 7) is 8.15. The van der Waals surface area contributed by atoms with E-state index in [9.17, 15) is 9.59 Å². The monoisotopic (exact) mass is 364 g/mol. The number of benzene rings is 1. The van der Waals surface area contributed by atoms with Gasteiger partial charge in [0, 0.05) is 11.1 Å². The zero-order valence-electron chi connectivity index (χ0n) is 16.0. The number of hydrogen-bond donors (Lipinski definition) is 3. The van der Waals surface area contributed by atoms with E-state index in [-0.39, 0.29) is 22.9 Å². The number of aryl methyl sites for hydroxylation is 1. The van der Waals surface area contributed by atoms with Crippen LogP contribution in [0.25, 0.3) is 12.2 Å². The molecule has 1 atom stereocenters. The third-order valence-electron chi connectivity index (χ3n) is 4.29. The van der Waals surface area contributed by atoms with Crippen LogP contribution in [0.4, 0.5) is 0 Å². The van der Waals surface area contributed by atoms with Crippen LogP contribution in [0.15, 0.2) is 42.4 Å². The van der Waals surface area contributed by atoms with Gasteiger partial charge in [-0.1, -0.05) is 62.8 Å². The maximum atomic E-state index is 12.4. The molecule has 0 saturated carbocycles. The van der Waals surface area contributed by atoms with Crippen molar-refractivity contribution in [1.29, 1.82) is 0 Å². The van der Waals surface area contributed by atoms with Crippen molar-refractivity contribution < 1.29 is 9.59 Å². The van der Waals surface area contributed by atoms with E-state index in [4.69, 9.17) is 0 Å². The second-order valence-electron chi connectivity index (χ2n) is 7.68. The van der Waals surface area contributed by atoms with E-state index in [1.165, 1.54) is 0 Å². The average Bonchev–Trinajstić information content (AvgIpc) is 3.05. The largest absolute Gasteiger partial charge is 0.348 e. The van der Waals surface area contributed by atoms with Crippen LogP contribution < -0.4 is 10.6 Å². The van der Waals surface area contributed by atoms with Gasteiger partial charge in [-0.3, -0.25) is 9.59 Å². The lowest BCUT2D eigenvalue weighted by Gasteiger charge is -2.23. The van der Waals surface area contributed by atoms with E-state index >= 15 is 0 Å². The van der Waals surface area contributed by atoms with Crippen molar-refractivity contribution >= 4 is 24.0 Å². The highest BCUT2D eigenvalue weighted by molar-refractivity contribution is 6.08. The fourth-order valence-electron chi connectivity index (χ4n) is 2.92. The topological polar surface area (TPSA) is 86.9 Å². The molecular formula is C21H24N4O2. The molecule has 0 aliphatic carbocycles. The number of aromatic nitrogens is 2. The van der Waals surface area contributed by atoms with Crippen LogP contribution in [-0.2, 0) is 15.0 Å². The summed E-state index contributed by atoms with van der Waals surface area (Å²) in [6.07, 6.45) is 6.71. The Hall–Kier alpha value is -3.15. The number of hydrogen-bond acceptors (Lipinski definition) is 3. The van der Waals surface area contributed by atoms with Crippen molar-refractivity contribution in [3.63, 3.8) is 0 Å². The van der Waals surface area contributed by atoms with Gasteiger partial charge in [-0.15, -0.1) is 0 Å². The van der Waals surface area contributed by atoms with Gasteiger partial charge in [0.15, 0.2) is 0 Å². The Balaban J connectivity index is 1.77. The first-order valence-electron chi connectivity index (χ1n) is 8.86. The van der Waals surface area contributed by atoms with Gasteiger partial charge in [0.2, 0.25) is 0 Å². The minimum atomic E-state index is -0.712. The van der Waals surface area contributed by atoms with Crippen molar-refractivity contribution in [3.05, 3.63) is 64.9 Å². The van der Waals surface area contributed by atoms with Crippen molar-refractivity contribution in [1.82, 2.24) is 20.6 Å². The van der Waals surface area contributed by atoms with Gasteiger partial charge in [0.05, 0.1) is 12.0 Å². The van der Waals surface area contributed by atoms with Gasteiger partial charge in [0.1, 0.15) is 11.7 Å². The van der Waals surface area contributed by atoms with E-state index in [1.807, 2.05) is 58.0 Å². The quantitative estimate of drug-likeness (QED) is 0.732. The number of amides is 2. The lowest BCUT2D eigenvalue weighted by molar-refractivity contribution is -0.129. The summed E-state index contributed by atoms with van der Waals surface area (Å²) in [6, 6.07) is 7.20. The first-order chi connectivity index (χ1) is 12.7. The van der Waals surface area contributed by atoms with Gasteiger partial charge < -0.3 is 15.6 Å². The smallest absolute Gasteiger partial charge is 0.268 e. The number of nitrogens with zero attached hydrogens (tertiary/aromatic N) is 1. The summed E-state index contributed by atoms with van der Waals surface area (Å²) in [5.74, 6) is -0.617. The molecule has 1 aliphatic rings. The summed E-state index contributed by atoms with van der Waals surface area (Å²) in [7, 11) is 0. The normalized spacial score (nSPS) is 19.4. The Morgan fingerprint density at radius 3 is 2.67 bits per heavy atom. The SMILES string of the molecule is Cc1cccc(C=CC2NC(=O)/C(=C/c3nc[nH]c3C(C)(C)C)NC2=O)c1. The Labute approximate surface area is 158 Å². The van der Waals surface area contributed by atoms with Gasteiger partial charge in [-0.25, -0.2) is 4.98 Å². The average molecular weight is 364 g/mol. The molecule has 1 aliphatic heterocycles. The highest BCUT2D eigenvalue weighted by Crippen LogP contribution is 2.24. The first-order valence-corrected chi connectivity index (χ1v) is 8.86. The number of rotatable bonds is 3. The van der Waals surface area contributed by atoms with Gasteiger partial charge in [0.25, 0.3) is 11.8 Å². The maximum absolute atomic E-state index is 12.4. The Bertz CT molecular complexity index is 932. The van der Waals surface area contributed by atoms with Crippen LogP contribution in [0.5, 0.6) is 0 Å². The fourth-order valence-corrected chi connectivity index (χ4v) is 2.92. The second-order valence-corrected chi connectivity index (χ2v) is 7.68. The van der Waals surface area contributed by atoms with E-state index in [1.54, 1.807) is 18.5 Å². The predicted octanol–water partition coefficient (Wildman–Crippen LogP) is 2.68. The molecule has 1 fully saturated rings. The van der Waals surface area contributed by atoms with E-state index < -0.39 is 6.04 Å². The van der Waals surface area contributed by atoms with Gasteiger partial charge >= 0.3 is 0 Å². The standard InChI is InChI=1S/C21H24N4O2/c1-13-6-5-7-14(10-13)8-9-15-19(26)25-17(20(27)24-15)11-16-18(21(2,3)4)23-12-22-16/h5-12,15H,1-4H3,(H,22,23)(H,24,27)(H,25,26)/b9-8?,17-11-. The molecule has 0 bridgehead atoms. The van der Waals surface area contributed by atoms with Crippen molar-refractivity contribution in [3.8, 4) is 0 Å². The minimum Gasteiger partial charge on any atom is -0.348 e. The second kappa shape index (κ2) is 7.23. The van der Waals surface area contributed by atoms with Crippen molar-refractivity contribution in [2.24, 2.45) is 0 Å². The van der Waals surface area contributed by atoms with Crippen molar-refractivity contribution in [2.75, 3.05) is 0 Å². The molecule has 2 amide bonds. The lowest BCUT2D eigenvalue weighted by atomic mass is 9.90. The molecule has 1 saturated heterocycles. The molecule has 3 rings (SSSR count). The molecular weight excluding hydrogens is 340 g/mol. The van der Waals surface area contributed by atoms with Crippen molar-refractivity contribution in [2.45, 2.75) is 39.2 Å². The van der Waals surface area contributed by atoms with E-state index in [2.05, 4.69) is 20.6 Å². The molecule has 6 nitrogen and oxygen atoms in total. The minimum absolute atomic E-state index is 0.156. The lowest BCUT2D eigenvalue weighted by Crippen LogP contribution is -2.53.